The first kappa shape index (κ1) is 20.2. The number of methoxy groups -OCH3 is 1. The number of hydrogen-bond acceptors (Lipinski definition) is 8. The molecule has 1 aromatic heterocycles. The van der Waals surface area contributed by atoms with Crippen molar-refractivity contribution >= 4 is 29.7 Å². The van der Waals surface area contributed by atoms with Crippen LogP contribution in [0.15, 0.2) is 35.5 Å². The lowest BCUT2D eigenvalue weighted by atomic mass is 10.2. The van der Waals surface area contributed by atoms with E-state index in [1.54, 1.807) is 6.92 Å². The van der Waals surface area contributed by atoms with E-state index >= 15 is 0 Å². The van der Waals surface area contributed by atoms with Crippen molar-refractivity contribution in [2.45, 2.75) is 23.9 Å². The first-order valence-corrected chi connectivity index (χ1v) is 9.81. The van der Waals surface area contributed by atoms with E-state index in [-0.39, 0.29) is 0 Å². The molecule has 9 nitrogen and oxygen atoms in total. The van der Waals surface area contributed by atoms with Gasteiger partial charge < -0.3 is 14.4 Å². The zero-order chi connectivity index (χ0) is 19.9. The van der Waals surface area contributed by atoms with Gasteiger partial charge in [0.15, 0.2) is 5.16 Å². The van der Waals surface area contributed by atoms with Crippen molar-refractivity contribution in [3.8, 4) is 0 Å². The van der Waals surface area contributed by atoms with Crippen LogP contribution in [0.5, 0.6) is 0 Å². The van der Waals surface area contributed by atoms with Crippen molar-refractivity contribution in [1.29, 1.82) is 0 Å². The molecule has 3 rings (SSSR count). The number of carbonyl (C=O) groups excluding carboxylic acids is 2. The number of ether oxygens (including phenoxy) is 2. The lowest BCUT2D eigenvalue weighted by molar-refractivity contribution is -0.119. The van der Waals surface area contributed by atoms with Crippen LogP contribution in [0.1, 0.15) is 12.5 Å². The Bertz CT molecular complexity index is 808. The van der Waals surface area contributed by atoms with Gasteiger partial charge in [0.1, 0.15) is 0 Å². The molecule has 1 N–H and O–H groups in total. The molecule has 1 atom stereocenters. The minimum atomic E-state index is -0.780. The van der Waals surface area contributed by atoms with Gasteiger partial charge >= 0.3 is 6.09 Å². The van der Waals surface area contributed by atoms with Crippen LogP contribution in [-0.2, 0) is 20.8 Å². The number of alkyl carbamates (subject to hydrolysis) is 1. The summed E-state index contributed by atoms with van der Waals surface area (Å²) < 4.78 is 11.9. The highest BCUT2D eigenvalue weighted by molar-refractivity contribution is 8.00. The molecular formula is C18H23N5O4S. The monoisotopic (exact) mass is 405 g/mol. The average Bonchev–Trinajstić information content (AvgIpc) is 3.11. The molecule has 1 aliphatic rings. The predicted molar refractivity (Wildman–Crippen MR) is 104 cm³/mol. The fourth-order valence-electron chi connectivity index (χ4n) is 2.73. The summed E-state index contributed by atoms with van der Waals surface area (Å²) in [5.74, 6) is 0.300. The highest BCUT2D eigenvalue weighted by atomic mass is 32.2. The number of benzene rings is 1. The van der Waals surface area contributed by atoms with Crippen LogP contribution in [0.25, 0.3) is 0 Å². The largest absolute Gasteiger partial charge is 0.453 e. The number of amides is 2. The zero-order valence-corrected chi connectivity index (χ0v) is 16.6. The Balaban J connectivity index is 1.82. The van der Waals surface area contributed by atoms with Crippen LogP contribution < -0.4 is 10.2 Å². The molecule has 150 valence electrons. The second-order valence-corrected chi connectivity index (χ2v) is 7.50. The number of morpholine rings is 1. The van der Waals surface area contributed by atoms with Crippen molar-refractivity contribution in [3.63, 3.8) is 0 Å². The smallest absolute Gasteiger partial charge is 0.413 e. The standard InChI is InChI=1S/C18H23N5O4S/c1-13(15(24)19-18(25)26-2)28-17-21-20-16(22-8-10-27-11-9-22)23(17)12-14-6-4-3-5-7-14/h3-7,13H,8-12H2,1-2H3,(H,19,24,25)/t13-/m0/s1. The predicted octanol–water partition coefficient (Wildman–Crippen LogP) is 1.53. The normalized spacial score (nSPS) is 15.1. The van der Waals surface area contributed by atoms with Crippen LogP contribution in [0.4, 0.5) is 10.7 Å². The van der Waals surface area contributed by atoms with Gasteiger partial charge in [0, 0.05) is 13.1 Å². The fourth-order valence-corrected chi connectivity index (χ4v) is 3.58. The Hall–Kier alpha value is -2.59. The summed E-state index contributed by atoms with van der Waals surface area (Å²) >= 11 is 1.25. The Kier molecular flexibility index (Phi) is 6.88. The van der Waals surface area contributed by atoms with E-state index in [4.69, 9.17) is 4.74 Å². The fraction of sp³-hybridized carbons (Fsp3) is 0.444. The van der Waals surface area contributed by atoms with E-state index in [0.717, 1.165) is 24.6 Å². The number of anilines is 1. The molecule has 1 fully saturated rings. The Morgan fingerprint density at radius 2 is 1.96 bits per heavy atom. The van der Waals surface area contributed by atoms with Gasteiger partial charge in [-0.3, -0.25) is 14.7 Å². The van der Waals surface area contributed by atoms with Crippen molar-refractivity contribution < 1.29 is 19.1 Å². The van der Waals surface area contributed by atoms with Crippen molar-refractivity contribution in [3.05, 3.63) is 35.9 Å². The lowest BCUT2D eigenvalue weighted by Gasteiger charge is -2.28. The minimum Gasteiger partial charge on any atom is -0.453 e. The number of nitrogens with one attached hydrogen (secondary N) is 1. The molecule has 0 saturated carbocycles. The van der Waals surface area contributed by atoms with Gasteiger partial charge in [-0.05, 0) is 12.5 Å². The molecule has 2 aromatic rings. The Morgan fingerprint density at radius 1 is 1.25 bits per heavy atom. The number of rotatable bonds is 6. The quantitative estimate of drug-likeness (QED) is 0.723. The summed E-state index contributed by atoms with van der Waals surface area (Å²) in [5.41, 5.74) is 1.10. The highest BCUT2D eigenvalue weighted by Crippen LogP contribution is 2.27. The second-order valence-electron chi connectivity index (χ2n) is 6.19. The molecule has 1 saturated heterocycles. The molecule has 0 aliphatic carbocycles. The summed E-state index contributed by atoms with van der Waals surface area (Å²) in [6.07, 6.45) is -0.780. The van der Waals surface area contributed by atoms with Gasteiger partial charge in [0.2, 0.25) is 11.9 Å². The van der Waals surface area contributed by atoms with Gasteiger partial charge in [-0.25, -0.2) is 4.79 Å². The number of thioether (sulfide) groups is 1. The maximum absolute atomic E-state index is 12.2. The number of nitrogens with zero attached hydrogens (tertiary/aromatic N) is 4. The average molecular weight is 405 g/mol. The van der Waals surface area contributed by atoms with E-state index in [9.17, 15) is 9.59 Å². The minimum absolute atomic E-state index is 0.445. The van der Waals surface area contributed by atoms with Crippen LogP contribution in [-0.4, -0.2) is 65.4 Å². The Morgan fingerprint density at radius 3 is 2.64 bits per heavy atom. The highest BCUT2D eigenvalue weighted by Gasteiger charge is 2.24. The van der Waals surface area contributed by atoms with Gasteiger partial charge in [0.05, 0.1) is 32.1 Å². The first-order chi connectivity index (χ1) is 13.6. The number of hydrogen-bond donors (Lipinski definition) is 1. The van der Waals surface area contributed by atoms with Crippen molar-refractivity contribution in [1.82, 2.24) is 20.1 Å². The zero-order valence-electron chi connectivity index (χ0n) is 15.8. The topological polar surface area (TPSA) is 98.6 Å². The summed E-state index contributed by atoms with van der Waals surface area (Å²) in [6.45, 7) is 5.02. The maximum atomic E-state index is 12.2. The van der Waals surface area contributed by atoms with Crippen LogP contribution >= 0.6 is 11.8 Å². The van der Waals surface area contributed by atoms with E-state index < -0.39 is 17.3 Å². The summed E-state index contributed by atoms with van der Waals surface area (Å²) in [7, 11) is 1.21. The first-order valence-electron chi connectivity index (χ1n) is 8.93. The van der Waals surface area contributed by atoms with Gasteiger partial charge in [-0.2, -0.15) is 0 Å². The lowest BCUT2D eigenvalue weighted by Crippen LogP contribution is -2.38. The van der Waals surface area contributed by atoms with Crippen LogP contribution in [0.3, 0.4) is 0 Å². The SMILES string of the molecule is COC(=O)NC(=O)[C@H](C)Sc1nnc(N2CCOCC2)n1Cc1ccccc1. The summed E-state index contributed by atoms with van der Waals surface area (Å²) in [5, 5.41) is 10.9. The molecule has 1 aliphatic heterocycles. The molecule has 0 spiro atoms. The molecule has 2 heterocycles. The Labute approximate surface area is 167 Å². The number of carbonyl (C=O) groups is 2. The van der Waals surface area contributed by atoms with Crippen LogP contribution in [0.2, 0.25) is 0 Å². The van der Waals surface area contributed by atoms with Crippen LogP contribution in [0, 0.1) is 0 Å². The third-order valence-corrected chi connectivity index (χ3v) is 5.32. The van der Waals surface area contributed by atoms with Gasteiger partial charge in [0.25, 0.3) is 0 Å². The summed E-state index contributed by atoms with van der Waals surface area (Å²) in [4.78, 5) is 25.6. The number of imide groups is 1. The molecule has 2 amide bonds. The van der Waals surface area contributed by atoms with Crippen molar-refractivity contribution in [2.24, 2.45) is 0 Å². The molecule has 0 bridgehead atoms. The number of aromatic nitrogens is 3. The second kappa shape index (κ2) is 9.56. The van der Waals surface area contributed by atoms with E-state index in [2.05, 4.69) is 25.2 Å². The molecule has 10 heteroatoms. The van der Waals surface area contributed by atoms with E-state index in [0.29, 0.717) is 24.9 Å². The van der Waals surface area contributed by atoms with Gasteiger partial charge in [-0.1, -0.05) is 42.1 Å². The molecule has 0 unspecified atom stereocenters. The molecule has 0 radical (unpaired) electrons. The summed E-state index contributed by atoms with van der Waals surface area (Å²) in [6, 6.07) is 9.99. The molecule has 28 heavy (non-hydrogen) atoms. The van der Waals surface area contributed by atoms with Gasteiger partial charge in [-0.15, -0.1) is 10.2 Å². The van der Waals surface area contributed by atoms with E-state index in [1.165, 1.54) is 18.9 Å². The third-order valence-electron chi connectivity index (χ3n) is 4.24. The van der Waals surface area contributed by atoms with Crippen molar-refractivity contribution in [2.75, 3.05) is 38.3 Å². The van der Waals surface area contributed by atoms with E-state index in [1.807, 2.05) is 34.9 Å². The molecular weight excluding hydrogens is 382 g/mol. The molecule has 1 aromatic carbocycles. The maximum Gasteiger partial charge on any atom is 0.413 e. The third kappa shape index (κ3) is 5.02.